The molecule has 0 N–H and O–H groups in total. The fraction of sp³-hybridized carbons (Fsp3) is 0.440. The Morgan fingerprint density at radius 1 is 0.900 bits per heavy atom. The Morgan fingerprint density at radius 2 is 1.40 bits per heavy atom. The summed E-state index contributed by atoms with van der Waals surface area (Å²) in [6.45, 7) is 5.42. The van der Waals surface area contributed by atoms with E-state index in [0.29, 0.717) is 41.6 Å². The van der Waals surface area contributed by atoms with Crippen molar-refractivity contribution in [1.82, 2.24) is 4.57 Å². The van der Waals surface area contributed by atoms with Crippen LogP contribution in [0.5, 0.6) is 0 Å². The highest BCUT2D eigenvalue weighted by Gasteiger charge is 2.16. The quantitative estimate of drug-likeness (QED) is 0.230. The minimum absolute atomic E-state index is 0.0407. The Morgan fingerprint density at radius 3 is 1.83 bits per heavy atom. The number of Topliss-reactive ketones (excluding diaryl/α,β-unsaturated/α-hetero) is 2. The van der Waals surface area contributed by atoms with E-state index < -0.39 is 0 Å². The van der Waals surface area contributed by atoms with Crippen molar-refractivity contribution in [3.63, 3.8) is 0 Å². The molecule has 0 aliphatic heterocycles. The van der Waals surface area contributed by atoms with Crippen LogP contribution < -0.4 is 0 Å². The van der Waals surface area contributed by atoms with Gasteiger partial charge in [0.1, 0.15) is 0 Å². The predicted octanol–water partition coefficient (Wildman–Crippen LogP) is 7.24. The van der Waals surface area contributed by atoms with Crippen LogP contribution in [0.25, 0.3) is 21.8 Å². The third kappa shape index (κ3) is 4.90. The summed E-state index contributed by atoms with van der Waals surface area (Å²) >= 11 is 11.5. The molecule has 0 aliphatic carbocycles. The van der Waals surface area contributed by atoms with Gasteiger partial charge in [-0.3, -0.25) is 9.59 Å². The Hall–Kier alpha value is -1.84. The number of benzene rings is 2. The van der Waals surface area contributed by atoms with Gasteiger partial charge in [-0.25, -0.2) is 0 Å². The lowest BCUT2D eigenvalue weighted by Gasteiger charge is -2.11. The number of rotatable bonds is 11. The lowest BCUT2D eigenvalue weighted by Crippen LogP contribution is -2.02. The number of aryl methyl sites for hydroxylation is 1. The van der Waals surface area contributed by atoms with Gasteiger partial charge in [-0.1, -0.05) is 20.3 Å². The van der Waals surface area contributed by atoms with E-state index in [1.165, 1.54) is 12.8 Å². The lowest BCUT2D eigenvalue weighted by atomic mass is 10.0. The van der Waals surface area contributed by atoms with Crippen molar-refractivity contribution >= 4 is 56.6 Å². The molecule has 160 valence electrons. The second-order valence-corrected chi connectivity index (χ2v) is 8.75. The van der Waals surface area contributed by atoms with Gasteiger partial charge in [0.25, 0.3) is 0 Å². The van der Waals surface area contributed by atoms with E-state index in [4.69, 9.17) is 23.2 Å². The van der Waals surface area contributed by atoms with Crippen LogP contribution in [0.1, 0.15) is 66.7 Å². The molecule has 1 atom stereocenters. The molecule has 3 rings (SSSR count). The van der Waals surface area contributed by atoms with E-state index >= 15 is 0 Å². The topological polar surface area (TPSA) is 39.1 Å². The van der Waals surface area contributed by atoms with Gasteiger partial charge in [0.15, 0.2) is 11.6 Å². The maximum Gasteiger partial charge on any atom is 0.164 e. The number of hydrogen-bond donors (Lipinski definition) is 0. The summed E-state index contributed by atoms with van der Waals surface area (Å²) in [5.41, 5.74) is 3.52. The fourth-order valence-corrected chi connectivity index (χ4v) is 4.30. The van der Waals surface area contributed by atoms with E-state index in [9.17, 15) is 9.59 Å². The average molecular weight is 446 g/mol. The number of alkyl halides is 2. The number of carbonyl (C=O) groups is 2. The van der Waals surface area contributed by atoms with E-state index in [2.05, 4.69) is 18.4 Å². The van der Waals surface area contributed by atoms with Crippen molar-refractivity contribution in [3.8, 4) is 0 Å². The fourth-order valence-electron chi connectivity index (χ4n) is 3.95. The first kappa shape index (κ1) is 22.8. The van der Waals surface area contributed by atoms with Crippen molar-refractivity contribution in [2.24, 2.45) is 5.92 Å². The minimum atomic E-state index is 0.0407. The van der Waals surface area contributed by atoms with E-state index in [1.54, 1.807) is 0 Å². The van der Waals surface area contributed by atoms with E-state index in [0.717, 1.165) is 34.8 Å². The highest BCUT2D eigenvalue weighted by atomic mass is 35.5. The van der Waals surface area contributed by atoms with Crippen molar-refractivity contribution in [3.05, 3.63) is 47.5 Å². The zero-order valence-electron chi connectivity index (χ0n) is 17.7. The van der Waals surface area contributed by atoms with Crippen LogP contribution >= 0.6 is 23.2 Å². The van der Waals surface area contributed by atoms with Gasteiger partial charge < -0.3 is 4.57 Å². The van der Waals surface area contributed by atoms with Crippen LogP contribution in [0.15, 0.2) is 36.4 Å². The molecule has 5 heteroatoms. The smallest absolute Gasteiger partial charge is 0.164 e. The second-order valence-electron chi connectivity index (χ2n) is 8.00. The summed E-state index contributed by atoms with van der Waals surface area (Å²) in [7, 11) is 0. The second kappa shape index (κ2) is 10.5. The first-order valence-electron chi connectivity index (χ1n) is 10.7. The third-order valence-electron chi connectivity index (χ3n) is 5.93. The predicted molar refractivity (Wildman–Crippen MR) is 127 cm³/mol. The Balaban J connectivity index is 2.10. The van der Waals surface area contributed by atoms with Gasteiger partial charge in [0.05, 0.1) is 0 Å². The molecule has 0 amide bonds. The van der Waals surface area contributed by atoms with Crippen LogP contribution in [0, 0.1) is 5.92 Å². The molecule has 1 aromatic heterocycles. The minimum Gasteiger partial charge on any atom is -0.340 e. The van der Waals surface area contributed by atoms with Gasteiger partial charge in [-0.2, -0.15) is 0 Å². The molecule has 3 nitrogen and oxygen atoms in total. The lowest BCUT2D eigenvalue weighted by molar-refractivity contribution is 0.0981. The van der Waals surface area contributed by atoms with Crippen LogP contribution in [0.3, 0.4) is 0 Å². The molecular formula is C25H29Cl2NO2. The zero-order chi connectivity index (χ0) is 21.7. The molecule has 0 radical (unpaired) electrons. The molecule has 0 saturated carbocycles. The van der Waals surface area contributed by atoms with Gasteiger partial charge in [0.2, 0.25) is 0 Å². The molecule has 0 fully saturated rings. The Bertz CT molecular complexity index is 979. The number of aromatic nitrogens is 1. The largest absolute Gasteiger partial charge is 0.340 e. The van der Waals surface area contributed by atoms with Crippen LogP contribution in [0.2, 0.25) is 0 Å². The van der Waals surface area contributed by atoms with Crippen LogP contribution in [0.4, 0.5) is 0 Å². The molecule has 30 heavy (non-hydrogen) atoms. The molecule has 1 heterocycles. The van der Waals surface area contributed by atoms with E-state index in [-0.39, 0.29) is 11.6 Å². The van der Waals surface area contributed by atoms with Crippen LogP contribution in [-0.4, -0.2) is 27.9 Å². The standard InChI is InChI=1S/C25H29Cl2NO2/c1-3-17(2)5-4-14-28-22-8-6-18(24(29)10-12-26)15-20(22)21-16-19(7-9-23(21)28)25(30)11-13-27/h6-9,15-17H,3-5,10-14H2,1-2H3. The summed E-state index contributed by atoms with van der Waals surface area (Å²) in [5, 5.41) is 2.02. The molecule has 2 aromatic carbocycles. The first-order valence-corrected chi connectivity index (χ1v) is 11.8. The van der Waals surface area contributed by atoms with Crippen molar-refractivity contribution < 1.29 is 9.59 Å². The highest BCUT2D eigenvalue weighted by Crippen LogP contribution is 2.32. The number of hydrogen-bond acceptors (Lipinski definition) is 2. The zero-order valence-corrected chi connectivity index (χ0v) is 19.2. The van der Waals surface area contributed by atoms with Crippen molar-refractivity contribution in [1.29, 1.82) is 0 Å². The summed E-state index contributed by atoms with van der Waals surface area (Å²) < 4.78 is 2.32. The molecule has 1 unspecified atom stereocenters. The van der Waals surface area contributed by atoms with Gasteiger partial charge in [-0.05, 0) is 55.2 Å². The number of nitrogens with zero attached hydrogens (tertiary/aromatic N) is 1. The van der Waals surface area contributed by atoms with Gasteiger partial charge in [0, 0.05) is 64.1 Å². The van der Waals surface area contributed by atoms with Crippen LogP contribution in [-0.2, 0) is 6.54 Å². The van der Waals surface area contributed by atoms with Gasteiger partial charge in [-0.15, -0.1) is 23.2 Å². The third-order valence-corrected chi connectivity index (χ3v) is 6.31. The molecule has 0 saturated heterocycles. The maximum absolute atomic E-state index is 12.4. The number of carbonyl (C=O) groups excluding carboxylic acids is 2. The average Bonchev–Trinajstić information content (AvgIpc) is 3.06. The van der Waals surface area contributed by atoms with E-state index in [1.807, 2.05) is 36.4 Å². The molecule has 3 aromatic rings. The molecule has 0 spiro atoms. The number of halogens is 2. The number of ketones is 2. The van der Waals surface area contributed by atoms with Crippen molar-refractivity contribution in [2.45, 2.75) is 52.5 Å². The molecule has 0 bridgehead atoms. The Kier molecular flexibility index (Phi) is 7.96. The monoisotopic (exact) mass is 445 g/mol. The van der Waals surface area contributed by atoms with Gasteiger partial charge >= 0.3 is 0 Å². The normalized spacial score (nSPS) is 12.5. The maximum atomic E-state index is 12.4. The van der Waals surface area contributed by atoms with Crippen molar-refractivity contribution in [2.75, 3.05) is 11.8 Å². The first-order chi connectivity index (χ1) is 14.5. The molecular weight excluding hydrogens is 417 g/mol. The SMILES string of the molecule is CCC(C)CCCn1c2ccc(C(=O)CCCl)cc2c2cc(C(=O)CCCl)ccc21. The highest BCUT2D eigenvalue weighted by molar-refractivity contribution is 6.20. The summed E-state index contributed by atoms with van der Waals surface area (Å²) in [5.74, 6) is 1.41. The summed E-state index contributed by atoms with van der Waals surface area (Å²) in [6.07, 6.45) is 4.09. The Labute approximate surface area is 188 Å². The molecule has 0 aliphatic rings. The summed E-state index contributed by atoms with van der Waals surface area (Å²) in [4.78, 5) is 24.8. The summed E-state index contributed by atoms with van der Waals surface area (Å²) in [6, 6.07) is 11.7. The number of fused-ring (bicyclic) bond motifs is 3.